The summed E-state index contributed by atoms with van der Waals surface area (Å²) in [5, 5.41) is 8.99. The van der Waals surface area contributed by atoms with Gasteiger partial charge in [0.05, 0.1) is 34.6 Å². The molecule has 1 atom stereocenters. The Morgan fingerprint density at radius 3 is 2.25 bits per heavy atom. The van der Waals surface area contributed by atoms with E-state index in [1.807, 2.05) is 12.1 Å². The van der Waals surface area contributed by atoms with Crippen LogP contribution in [0.5, 0.6) is 0 Å². The van der Waals surface area contributed by atoms with Gasteiger partial charge in [-0.15, -0.1) is 0 Å². The van der Waals surface area contributed by atoms with Crippen LogP contribution < -0.4 is 14.5 Å². The van der Waals surface area contributed by atoms with E-state index in [1.54, 1.807) is 34.1 Å². The lowest BCUT2D eigenvalue weighted by Crippen LogP contribution is -2.39. The van der Waals surface area contributed by atoms with E-state index in [4.69, 9.17) is 5.26 Å². The summed E-state index contributed by atoms with van der Waals surface area (Å²) in [6.45, 7) is 1.08. The molecule has 2 fully saturated rings. The van der Waals surface area contributed by atoms with E-state index in [2.05, 4.69) is 20.8 Å². The number of anilines is 2. The number of imide groups is 1. The van der Waals surface area contributed by atoms with Crippen molar-refractivity contribution in [3.8, 4) is 6.07 Å². The van der Waals surface area contributed by atoms with Crippen LogP contribution in [0, 0.1) is 17.2 Å². The van der Waals surface area contributed by atoms with Crippen molar-refractivity contribution < 1.29 is 36.0 Å². The number of sulfonamides is 1. The predicted molar refractivity (Wildman–Crippen MR) is 190 cm³/mol. The standard InChI is InChI=1S/C37H40F3N7O5S/c38-37(39,40)36-43-32(23-33(44-36)46-18-4-8-30(46)31(48)9-3-5-25-10-12-27(24-41)13-11-25)45-19-15-26(16-20-45)14-17-42-53(51,52)22-21-47-34(49)28-6-1-2-7-29(28)35(47)50/h1-2,6-7,10-13,23,26,30,42H,3-5,8-9,14-22H2/t30-/m0/s1. The number of aromatic nitrogens is 2. The maximum atomic E-state index is 14.0. The summed E-state index contributed by atoms with van der Waals surface area (Å²) in [5.74, 6) is -2.48. The summed E-state index contributed by atoms with van der Waals surface area (Å²) in [5.41, 5.74) is 2.05. The lowest BCUT2D eigenvalue weighted by Gasteiger charge is -2.34. The Bertz CT molecular complexity index is 1960. The molecule has 0 spiro atoms. The fourth-order valence-electron chi connectivity index (χ4n) is 7.21. The maximum absolute atomic E-state index is 14.0. The van der Waals surface area contributed by atoms with Gasteiger partial charge in [-0.25, -0.2) is 23.1 Å². The number of rotatable bonds is 14. The van der Waals surface area contributed by atoms with Crippen LogP contribution in [0.2, 0.25) is 0 Å². The topological polar surface area (TPSA) is 157 Å². The number of Topliss-reactive ketones (excluding diaryl/α,β-unsaturated/α-hetero) is 1. The molecule has 0 bridgehead atoms. The van der Waals surface area contributed by atoms with Crippen molar-refractivity contribution in [2.75, 3.05) is 48.3 Å². The molecule has 0 saturated carbocycles. The quantitative estimate of drug-likeness (QED) is 0.228. The number of carbonyl (C=O) groups excluding carboxylic acids is 3. The summed E-state index contributed by atoms with van der Waals surface area (Å²) >= 11 is 0. The number of piperidine rings is 1. The van der Waals surface area contributed by atoms with Gasteiger partial charge in [0.1, 0.15) is 11.6 Å². The van der Waals surface area contributed by atoms with Gasteiger partial charge in [-0.3, -0.25) is 19.3 Å². The Hall–Kier alpha value is -4.88. The van der Waals surface area contributed by atoms with Gasteiger partial charge in [0, 0.05) is 45.2 Å². The van der Waals surface area contributed by atoms with Crippen molar-refractivity contribution in [3.05, 3.63) is 82.7 Å². The zero-order valence-corrected chi connectivity index (χ0v) is 29.8. The molecule has 0 unspecified atom stereocenters. The van der Waals surface area contributed by atoms with Crippen molar-refractivity contribution in [2.45, 2.75) is 63.6 Å². The third-order valence-electron chi connectivity index (χ3n) is 10.1. The van der Waals surface area contributed by atoms with Gasteiger partial charge in [0.25, 0.3) is 11.8 Å². The van der Waals surface area contributed by atoms with Crippen molar-refractivity contribution in [3.63, 3.8) is 0 Å². The van der Waals surface area contributed by atoms with Crippen molar-refractivity contribution in [2.24, 2.45) is 5.92 Å². The molecule has 4 heterocycles. The zero-order valence-electron chi connectivity index (χ0n) is 29.0. The Morgan fingerprint density at radius 2 is 1.60 bits per heavy atom. The number of nitriles is 1. The van der Waals surface area contributed by atoms with Crippen LogP contribution in [0.1, 0.15) is 82.6 Å². The van der Waals surface area contributed by atoms with Crippen molar-refractivity contribution in [1.29, 1.82) is 5.26 Å². The molecular formula is C37H40F3N7O5S. The van der Waals surface area contributed by atoms with Crippen LogP contribution in [0.3, 0.4) is 0 Å². The number of halogens is 3. The van der Waals surface area contributed by atoms with E-state index in [1.165, 1.54) is 18.2 Å². The number of benzene rings is 2. The summed E-state index contributed by atoms with van der Waals surface area (Å²) < 4.78 is 70.0. The zero-order chi connectivity index (χ0) is 37.8. The van der Waals surface area contributed by atoms with E-state index in [0.29, 0.717) is 70.1 Å². The monoisotopic (exact) mass is 751 g/mol. The number of hydrogen-bond donors (Lipinski definition) is 1. The number of fused-ring (bicyclic) bond motifs is 1. The number of carbonyl (C=O) groups is 3. The second-order valence-electron chi connectivity index (χ2n) is 13.6. The smallest absolute Gasteiger partial charge is 0.356 e. The van der Waals surface area contributed by atoms with Gasteiger partial charge in [0.15, 0.2) is 5.78 Å². The lowest BCUT2D eigenvalue weighted by atomic mass is 9.93. The SMILES string of the molecule is N#Cc1ccc(CCCC(=O)[C@@H]2CCCN2c2cc(N3CCC(CCNS(=O)(=O)CCN4C(=O)c5ccccc5C4=O)CC3)nc(C(F)(F)F)n2)cc1. The molecule has 3 aliphatic rings. The molecule has 1 aromatic heterocycles. The third-order valence-corrected chi connectivity index (χ3v) is 11.5. The fraction of sp³-hybridized carbons (Fsp3) is 0.459. The first-order valence-corrected chi connectivity index (χ1v) is 19.4. The molecular weight excluding hydrogens is 712 g/mol. The number of nitrogens with one attached hydrogen (secondary N) is 1. The minimum atomic E-state index is -4.79. The Balaban J connectivity index is 1.01. The van der Waals surface area contributed by atoms with E-state index < -0.39 is 45.6 Å². The highest BCUT2D eigenvalue weighted by molar-refractivity contribution is 7.89. The van der Waals surface area contributed by atoms with E-state index >= 15 is 0 Å². The first-order chi connectivity index (χ1) is 25.3. The molecule has 6 rings (SSSR count). The third kappa shape index (κ3) is 9.02. The molecule has 53 heavy (non-hydrogen) atoms. The largest absolute Gasteiger partial charge is 0.451 e. The molecule has 16 heteroatoms. The highest BCUT2D eigenvalue weighted by atomic mass is 32.2. The number of ketones is 1. The lowest BCUT2D eigenvalue weighted by molar-refractivity contribution is -0.144. The van der Waals surface area contributed by atoms with Gasteiger partial charge < -0.3 is 9.80 Å². The summed E-state index contributed by atoms with van der Waals surface area (Å²) in [6, 6.07) is 16.5. The molecule has 1 N–H and O–H groups in total. The van der Waals surface area contributed by atoms with Gasteiger partial charge in [0.2, 0.25) is 15.8 Å². The van der Waals surface area contributed by atoms with Crippen LogP contribution >= 0.6 is 0 Å². The molecule has 2 aromatic carbocycles. The molecule has 280 valence electrons. The molecule has 3 aliphatic heterocycles. The van der Waals surface area contributed by atoms with E-state index in [0.717, 1.165) is 10.5 Å². The fourth-order valence-corrected chi connectivity index (χ4v) is 8.20. The Kier molecular flexibility index (Phi) is 11.4. The molecule has 12 nitrogen and oxygen atoms in total. The Morgan fingerprint density at radius 1 is 0.943 bits per heavy atom. The maximum Gasteiger partial charge on any atom is 0.451 e. The van der Waals surface area contributed by atoms with E-state index in [9.17, 15) is 36.0 Å². The minimum Gasteiger partial charge on any atom is -0.356 e. The second-order valence-corrected chi connectivity index (χ2v) is 15.6. The Labute approximate surface area is 306 Å². The highest BCUT2D eigenvalue weighted by Crippen LogP contribution is 2.34. The van der Waals surface area contributed by atoms with Gasteiger partial charge in [-0.05, 0) is 80.7 Å². The molecule has 0 radical (unpaired) electrons. The summed E-state index contributed by atoms with van der Waals surface area (Å²) in [7, 11) is -3.79. The number of hydrogen-bond acceptors (Lipinski definition) is 10. The first kappa shape index (κ1) is 37.9. The van der Waals surface area contributed by atoms with Crippen LogP contribution in [-0.4, -0.2) is 85.4 Å². The number of amides is 2. The number of alkyl halides is 3. The second kappa shape index (κ2) is 16.0. The average Bonchev–Trinajstić information content (AvgIpc) is 3.74. The van der Waals surface area contributed by atoms with Crippen LogP contribution in [0.15, 0.2) is 54.6 Å². The van der Waals surface area contributed by atoms with Gasteiger partial charge in [-0.1, -0.05) is 24.3 Å². The molecule has 3 aromatic rings. The average molecular weight is 752 g/mol. The minimum absolute atomic E-state index is 0.0510. The van der Waals surface area contributed by atoms with Gasteiger partial charge in [-0.2, -0.15) is 18.4 Å². The predicted octanol–water partition coefficient (Wildman–Crippen LogP) is 4.75. The normalized spacial score (nSPS) is 18.1. The number of aryl methyl sites for hydroxylation is 1. The summed E-state index contributed by atoms with van der Waals surface area (Å²) in [6.07, 6.45) is -0.445. The molecule has 0 aliphatic carbocycles. The number of nitrogens with zero attached hydrogens (tertiary/aromatic N) is 6. The van der Waals surface area contributed by atoms with Crippen LogP contribution in [0.4, 0.5) is 24.8 Å². The van der Waals surface area contributed by atoms with Gasteiger partial charge >= 0.3 is 6.18 Å². The van der Waals surface area contributed by atoms with Crippen molar-refractivity contribution in [1.82, 2.24) is 19.6 Å². The van der Waals surface area contributed by atoms with E-state index in [-0.39, 0.29) is 54.0 Å². The van der Waals surface area contributed by atoms with Crippen molar-refractivity contribution >= 4 is 39.3 Å². The summed E-state index contributed by atoms with van der Waals surface area (Å²) in [4.78, 5) is 50.5. The van der Waals surface area contributed by atoms with Crippen LogP contribution in [-0.2, 0) is 27.4 Å². The molecule has 2 saturated heterocycles. The van der Waals surface area contributed by atoms with Crippen LogP contribution in [0.25, 0.3) is 0 Å². The molecule has 2 amide bonds. The highest BCUT2D eigenvalue weighted by Gasteiger charge is 2.39. The first-order valence-electron chi connectivity index (χ1n) is 17.7.